The summed E-state index contributed by atoms with van der Waals surface area (Å²) in [5.41, 5.74) is 0.762. The Hall–Kier alpha value is -1.18. The molecule has 1 aromatic heterocycles. The van der Waals surface area contributed by atoms with Gasteiger partial charge in [-0.1, -0.05) is 0 Å². The van der Waals surface area contributed by atoms with E-state index in [1.54, 1.807) is 0 Å². The predicted molar refractivity (Wildman–Crippen MR) is 80.2 cm³/mol. The van der Waals surface area contributed by atoms with Crippen molar-refractivity contribution in [2.45, 2.75) is 12.5 Å². The summed E-state index contributed by atoms with van der Waals surface area (Å²) in [6, 6.07) is 0.488. The van der Waals surface area contributed by atoms with Crippen LogP contribution in [-0.2, 0) is 16.0 Å². The molecule has 0 bridgehead atoms. The zero-order valence-corrected chi connectivity index (χ0v) is 13.1. The average Bonchev–Trinajstić information content (AvgIpc) is 2.87. The van der Waals surface area contributed by atoms with Crippen LogP contribution in [0.1, 0.15) is 5.69 Å². The van der Waals surface area contributed by atoms with Crippen molar-refractivity contribution in [3.8, 4) is 0 Å². The highest BCUT2D eigenvalue weighted by molar-refractivity contribution is 7.13. The summed E-state index contributed by atoms with van der Waals surface area (Å²) >= 11 is 1.53. The third-order valence-corrected chi connectivity index (χ3v) is 4.42. The first-order chi connectivity index (χ1) is 9.58. The molecule has 6 nitrogen and oxygen atoms in total. The minimum absolute atomic E-state index is 0.237. The maximum Gasteiger partial charge on any atom is 0.311 e. The number of nitrogens with zero attached hydrogens (tertiary/aromatic N) is 3. The third kappa shape index (κ3) is 4.16. The van der Waals surface area contributed by atoms with Crippen LogP contribution in [0.4, 0.5) is 5.13 Å². The maximum atomic E-state index is 11.2. The van der Waals surface area contributed by atoms with Gasteiger partial charge in [0, 0.05) is 37.6 Å². The molecule has 20 heavy (non-hydrogen) atoms. The Balaban J connectivity index is 1.83. The van der Waals surface area contributed by atoms with E-state index < -0.39 is 0 Å². The summed E-state index contributed by atoms with van der Waals surface area (Å²) in [6.45, 7) is 4.14. The smallest absolute Gasteiger partial charge is 0.311 e. The Bertz CT molecular complexity index is 451. The number of likely N-dealkylation sites (N-methyl/N-ethyl adjacent to an activating group) is 2. The van der Waals surface area contributed by atoms with Crippen LogP contribution in [0.25, 0.3) is 0 Å². The number of anilines is 1. The molecule has 1 saturated heterocycles. The van der Waals surface area contributed by atoms with Gasteiger partial charge < -0.3 is 15.0 Å². The molecule has 2 rings (SSSR count). The summed E-state index contributed by atoms with van der Waals surface area (Å²) < 4.78 is 4.64. The molecule has 1 aliphatic heterocycles. The summed E-state index contributed by atoms with van der Waals surface area (Å²) in [4.78, 5) is 20.3. The van der Waals surface area contributed by atoms with Crippen molar-refractivity contribution in [3.05, 3.63) is 11.1 Å². The number of ether oxygens (including phenoxy) is 1. The number of hydrogen-bond acceptors (Lipinski definition) is 7. The van der Waals surface area contributed by atoms with Gasteiger partial charge in [-0.2, -0.15) is 0 Å². The van der Waals surface area contributed by atoms with Crippen molar-refractivity contribution >= 4 is 22.4 Å². The monoisotopic (exact) mass is 298 g/mol. The lowest BCUT2D eigenvalue weighted by atomic mass is 10.2. The molecule has 112 valence electrons. The lowest BCUT2D eigenvalue weighted by Gasteiger charge is -2.37. The topological polar surface area (TPSA) is 57.7 Å². The van der Waals surface area contributed by atoms with E-state index in [4.69, 9.17) is 0 Å². The van der Waals surface area contributed by atoms with Crippen LogP contribution in [0, 0.1) is 0 Å². The molecule has 0 amide bonds. The number of hydrogen-bond donors (Lipinski definition) is 1. The first kappa shape index (κ1) is 15.2. The molecule has 2 heterocycles. The van der Waals surface area contributed by atoms with Gasteiger partial charge in [-0.15, -0.1) is 11.3 Å². The van der Waals surface area contributed by atoms with Crippen molar-refractivity contribution in [1.82, 2.24) is 14.8 Å². The lowest BCUT2D eigenvalue weighted by molar-refractivity contribution is -0.139. The Morgan fingerprint density at radius 2 is 2.35 bits per heavy atom. The fourth-order valence-electron chi connectivity index (χ4n) is 2.22. The normalized spacial score (nSPS) is 20.9. The van der Waals surface area contributed by atoms with Gasteiger partial charge in [0.05, 0.1) is 19.2 Å². The average molecular weight is 298 g/mol. The van der Waals surface area contributed by atoms with E-state index in [0.29, 0.717) is 6.04 Å². The van der Waals surface area contributed by atoms with E-state index in [2.05, 4.69) is 38.9 Å². The largest absolute Gasteiger partial charge is 0.469 e. The second kappa shape index (κ2) is 7.01. The van der Waals surface area contributed by atoms with Crippen molar-refractivity contribution in [2.24, 2.45) is 0 Å². The highest BCUT2D eigenvalue weighted by Gasteiger charge is 2.22. The third-order valence-electron chi connectivity index (χ3n) is 3.57. The van der Waals surface area contributed by atoms with E-state index in [9.17, 15) is 4.79 Å². The summed E-state index contributed by atoms with van der Waals surface area (Å²) in [5.74, 6) is -0.254. The van der Waals surface area contributed by atoms with E-state index in [1.807, 2.05) is 5.38 Å². The molecule has 1 atom stereocenters. The molecule has 0 spiro atoms. The van der Waals surface area contributed by atoms with E-state index in [-0.39, 0.29) is 12.4 Å². The van der Waals surface area contributed by atoms with Crippen LogP contribution in [-0.4, -0.2) is 74.2 Å². The second-order valence-electron chi connectivity index (χ2n) is 5.17. The summed E-state index contributed by atoms with van der Waals surface area (Å²) in [6.07, 6.45) is 0.237. The van der Waals surface area contributed by atoms with E-state index in [1.165, 1.54) is 18.4 Å². The van der Waals surface area contributed by atoms with Gasteiger partial charge in [-0.25, -0.2) is 4.98 Å². The molecule has 0 aliphatic carbocycles. The van der Waals surface area contributed by atoms with Crippen LogP contribution in [0.15, 0.2) is 5.38 Å². The fourth-order valence-corrected chi connectivity index (χ4v) is 2.94. The van der Waals surface area contributed by atoms with E-state index in [0.717, 1.165) is 37.0 Å². The number of methoxy groups -OCH3 is 1. The van der Waals surface area contributed by atoms with Gasteiger partial charge in [0.1, 0.15) is 0 Å². The van der Waals surface area contributed by atoms with Crippen molar-refractivity contribution in [1.29, 1.82) is 0 Å². The van der Waals surface area contributed by atoms with Gasteiger partial charge in [0.15, 0.2) is 5.13 Å². The maximum absolute atomic E-state index is 11.2. The molecule has 1 aromatic rings. The molecule has 7 heteroatoms. The van der Waals surface area contributed by atoms with E-state index >= 15 is 0 Å². The number of carbonyl (C=O) groups is 1. The second-order valence-corrected chi connectivity index (χ2v) is 6.03. The molecule has 1 fully saturated rings. The van der Waals surface area contributed by atoms with Crippen molar-refractivity contribution < 1.29 is 9.53 Å². The number of aromatic nitrogens is 1. The highest BCUT2D eigenvalue weighted by atomic mass is 32.1. The number of carbonyl (C=O) groups excluding carboxylic acids is 1. The molecular formula is C13H22N4O2S. The van der Waals surface area contributed by atoms with Crippen LogP contribution in [0.3, 0.4) is 0 Å². The molecule has 0 saturated carbocycles. The van der Waals surface area contributed by atoms with Crippen molar-refractivity contribution in [2.75, 3.05) is 52.7 Å². The van der Waals surface area contributed by atoms with Gasteiger partial charge in [-0.3, -0.25) is 9.69 Å². The summed E-state index contributed by atoms with van der Waals surface area (Å²) in [7, 11) is 5.70. The molecule has 1 N–H and O–H groups in total. The molecule has 0 radical (unpaired) electrons. The summed E-state index contributed by atoms with van der Waals surface area (Å²) in [5, 5.41) is 6.13. The van der Waals surface area contributed by atoms with Crippen LogP contribution in [0.5, 0.6) is 0 Å². The Morgan fingerprint density at radius 3 is 3.10 bits per heavy atom. The minimum Gasteiger partial charge on any atom is -0.469 e. The lowest BCUT2D eigenvalue weighted by Crippen LogP contribution is -2.52. The molecule has 0 aromatic carbocycles. The van der Waals surface area contributed by atoms with Crippen molar-refractivity contribution in [3.63, 3.8) is 0 Å². The molecule has 1 unspecified atom stereocenters. The quantitative estimate of drug-likeness (QED) is 0.800. The van der Waals surface area contributed by atoms with Crippen LogP contribution >= 0.6 is 11.3 Å². The standard InChI is InChI=1S/C13H22N4O2S/c1-16-4-5-17(2)11(8-16)7-14-13-15-10(9-20-13)6-12(18)19-3/h9,11H,4-8H2,1-3H3,(H,14,15). The predicted octanol–water partition coefficient (Wildman–Crippen LogP) is 0.516. The van der Waals surface area contributed by atoms with Gasteiger partial charge >= 0.3 is 5.97 Å². The SMILES string of the molecule is COC(=O)Cc1csc(NCC2CN(C)CCN2C)n1. The van der Waals surface area contributed by atoms with Crippen LogP contribution < -0.4 is 5.32 Å². The van der Waals surface area contributed by atoms with Gasteiger partial charge in [0.25, 0.3) is 0 Å². The molecule has 1 aliphatic rings. The Kier molecular flexibility index (Phi) is 5.33. The van der Waals surface area contributed by atoms with Gasteiger partial charge in [0.2, 0.25) is 0 Å². The Morgan fingerprint density at radius 1 is 1.55 bits per heavy atom. The number of piperazine rings is 1. The number of thiazole rings is 1. The fraction of sp³-hybridized carbons (Fsp3) is 0.692. The first-order valence-corrected chi connectivity index (χ1v) is 7.60. The first-order valence-electron chi connectivity index (χ1n) is 6.72. The minimum atomic E-state index is -0.254. The Labute approximate surface area is 123 Å². The number of esters is 1. The van der Waals surface area contributed by atoms with Crippen LogP contribution in [0.2, 0.25) is 0 Å². The highest BCUT2D eigenvalue weighted by Crippen LogP contribution is 2.17. The number of rotatable bonds is 5. The zero-order valence-electron chi connectivity index (χ0n) is 12.3. The number of nitrogens with one attached hydrogen (secondary N) is 1. The zero-order chi connectivity index (χ0) is 14.5. The molecular weight excluding hydrogens is 276 g/mol. The van der Waals surface area contributed by atoms with Gasteiger partial charge in [-0.05, 0) is 14.1 Å².